The molecule has 4 heteroatoms. The molecule has 1 unspecified atom stereocenters. The third-order valence-electron chi connectivity index (χ3n) is 2.91. The van der Waals surface area contributed by atoms with E-state index in [-0.39, 0.29) is 17.9 Å². The number of halogens is 1. The summed E-state index contributed by atoms with van der Waals surface area (Å²) < 4.78 is 23.4. The smallest absolute Gasteiger partial charge is 0.337 e. The standard InChI is InChI=1S/C16H15FO3/c1-11(20-15-5-3-4-14(17)10-15)12-6-8-13(9-7-12)16(18)19-2/h3-11H,1-2H3. The van der Waals surface area contributed by atoms with Gasteiger partial charge in [0.1, 0.15) is 17.7 Å². The van der Waals surface area contributed by atoms with E-state index in [4.69, 9.17) is 4.74 Å². The van der Waals surface area contributed by atoms with Gasteiger partial charge < -0.3 is 9.47 Å². The summed E-state index contributed by atoms with van der Waals surface area (Å²) in [5.74, 6) is -0.250. The highest BCUT2D eigenvalue weighted by Gasteiger charge is 2.10. The van der Waals surface area contributed by atoms with E-state index in [2.05, 4.69) is 4.74 Å². The van der Waals surface area contributed by atoms with Gasteiger partial charge in [-0.25, -0.2) is 9.18 Å². The topological polar surface area (TPSA) is 35.5 Å². The first-order valence-electron chi connectivity index (χ1n) is 6.20. The highest BCUT2D eigenvalue weighted by atomic mass is 19.1. The number of ether oxygens (including phenoxy) is 2. The molecule has 0 radical (unpaired) electrons. The molecule has 0 bridgehead atoms. The fourth-order valence-corrected chi connectivity index (χ4v) is 1.82. The lowest BCUT2D eigenvalue weighted by molar-refractivity contribution is 0.0600. The maximum absolute atomic E-state index is 13.1. The fourth-order valence-electron chi connectivity index (χ4n) is 1.82. The summed E-state index contributed by atoms with van der Waals surface area (Å²) in [7, 11) is 1.34. The fraction of sp³-hybridized carbons (Fsp3) is 0.188. The Labute approximate surface area is 117 Å². The normalized spacial score (nSPS) is 11.8. The average Bonchev–Trinajstić information content (AvgIpc) is 2.46. The monoisotopic (exact) mass is 274 g/mol. The van der Waals surface area contributed by atoms with E-state index in [0.29, 0.717) is 11.3 Å². The first-order chi connectivity index (χ1) is 9.60. The number of hydrogen-bond acceptors (Lipinski definition) is 3. The molecule has 0 aromatic heterocycles. The lowest BCUT2D eigenvalue weighted by Crippen LogP contribution is -2.05. The molecule has 2 rings (SSSR count). The molecule has 0 heterocycles. The molecule has 104 valence electrons. The van der Waals surface area contributed by atoms with E-state index in [1.54, 1.807) is 36.4 Å². The van der Waals surface area contributed by atoms with Gasteiger partial charge in [-0.05, 0) is 36.8 Å². The Kier molecular flexibility index (Phi) is 4.35. The number of benzene rings is 2. The van der Waals surface area contributed by atoms with Crippen molar-refractivity contribution < 1.29 is 18.7 Å². The van der Waals surface area contributed by atoms with Crippen LogP contribution in [0.5, 0.6) is 5.75 Å². The van der Waals surface area contributed by atoms with Crippen LogP contribution in [0.1, 0.15) is 28.9 Å². The Bertz CT molecular complexity index is 593. The summed E-state index contributed by atoms with van der Waals surface area (Å²) >= 11 is 0. The predicted molar refractivity (Wildman–Crippen MR) is 73.2 cm³/mol. The molecule has 0 saturated carbocycles. The Morgan fingerprint density at radius 1 is 1.15 bits per heavy atom. The van der Waals surface area contributed by atoms with E-state index in [1.165, 1.54) is 19.2 Å². The van der Waals surface area contributed by atoms with Crippen LogP contribution in [0.15, 0.2) is 48.5 Å². The molecule has 1 atom stereocenters. The number of rotatable bonds is 4. The van der Waals surface area contributed by atoms with Crippen LogP contribution in [-0.4, -0.2) is 13.1 Å². The minimum absolute atomic E-state index is 0.247. The summed E-state index contributed by atoms with van der Waals surface area (Å²) in [5.41, 5.74) is 1.37. The van der Waals surface area contributed by atoms with Gasteiger partial charge in [-0.1, -0.05) is 18.2 Å². The second-order valence-corrected chi connectivity index (χ2v) is 4.33. The molecule has 0 aliphatic heterocycles. The third-order valence-corrected chi connectivity index (χ3v) is 2.91. The molecule has 3 nitrogen and oxygen atoms in total. The van der Waals surface area contributed by atoms with Crippen LogP contribution in [-0.2, 0) is 4.74 Å². The van der Waals surface area contributed by atoms with Crippen molar-refractivity contribution in [1.29, 1.82) is 0 Å². The molecular formula is C16H15FO3. The zero-order valence-corrected chi connectivity index (χ0v) is 11.3. The second-order valence-electron chi connectivity index (χ2n) is 4.33. The molecule has 2 aromatic rings. The van der Waals surface area contributed by atoms with Crippen molar-refractivity contribution in [3.63, 3.8) is 0 Å². The molecular weight excluding hydrogens is 259 g/mol. The number of methoxy groups -OCH3 is 1. The van der Waals surface area contributed by atoms with Crippen LogP contribution in [0.2, 0.25) is 0 Å². The maximum atomic E-state index is 13.1. The van der Waals surface area contributed by atoms with Gasteiger partial charge in [-0.15, -0.1) is 0 Å². The van der Waals surface area contributed by atoms with E-state index in [1.807, 2.05) is 6.92 Å². The molecule has 2 aromatic carbocycles. The van der Waals surface area contributed by atoms with Crippen molar-refractivity contribution in [3.05, 3.63) is 65.5 Å². The number of hydrogen-bond donors (Lipinski definition) is 0. The van der Waals surface area contributed by atoms with Crippen molar-refractivity contribution >= 4 is 5.97 Å². The van der Waals surface area contributed by atoms with Crippen LogP contribution < -0.4 is 4.74 Å². The molecule has 0 N–H and O–H groups in total. The molecule has 0 fully saturated rings. The molecule has 0 spiro atoms. The Hall–Kier alpha value is -2.36. The van der Waals surface area contributed by atoms with Crippen molar-refractivity contribution in [1.82, 2.24) is 0 Å². The SMILES string of the molecule is COC(=O)c1ccc(C(C)Oc2cccc(F)c2)cc1. The minimum atomic E-state index is -0.379. The van der Waals surface area contributed by atoms with Crippen molar-refractivity contribution in [3.8, 4) is 5.75 Å². The maximum Gasteiger partial charge on any atom is 0.337 e. The zero-order valence-electron chi connectivity index (χ0n) is 11.3. The lowest BCUT2D eigenvalue weighted by atomic mass is 10.1. The van der Waals surface area contributed by atoms with Gasteiger partial charge in [-0.3, -0.25) is 0 Å². The largest absolute Gasteiger partial charge is 0.486 e. The van der Waals surface area contributed by atoms with Gasteiger partial charge in [0.15, 0.2) is 0 Å². The quantitative estimate of drug-likeness (QED) is 0.796. The molecule has 20 heavy (non-hydrogen) atoms. The van der Waals surface area contributed by atoms with Crippen LogP contribution in [0.4, 0.5) is 4.39 Å². The van der Waals surface area contributed by atoms with E-state index >= 15 is 0 Å². The average molecular weight is 274 g/mol. The predicted octanol–water partition coefficient (Wildman–Crippen LogP) is 3.75. The van der Waals surface area contributed by atoms with Crippen molar-refractivity contribution in [2.45, 2.75) is 13.0 Å². The minimum Gasteiger partial charge on any atom is -0.486 e. The van der Waals surface area contributed by atoms with E-state index in [0.717, 1.165) is 5.56 Å². The van der Waals surface area contributed by atoms with Crippen molar-refractivity contribution in [2.75, 3.05) is 7.11 Å². The van der Waals surface area contributed by atoms with Crippen LogP contribution in [0, 0.1) is 5.82 Å². The van der Waals surface area contributed by atoms with Gasteiger partial charge in [0.2, 0.25) is 0 Å². The summed E-state index contributed by atoms with van der Waals surface area (Å²) in [6.45, 7) is 1.86. The van der Waals surface area contributed by atoms with E-state index < -0.39 is 0 Å². The van der Waals surface area contributed by atoms with Crippen LogP contribution >= 0.6 is 0 Å². The van der Waals surface area contributed by atoms with Crippen LogP contribution in [0.25, 0.3) is 0 Å². The number of carbonyl (C=O) groups is 1. The first-order valence-corrected chi connectivity index (χ1v) is 6.20. The van der Waals surface area contributed by atoms with Crippen LogP contribution in [0.3, 0.4) is 0 Å². The Morgan fingerprint density at radius 3 is 2.45 bits per heavy atom. The summed E-state index contributed by atoms with van der Waals surface area (Å²) in [6, 6.07) is 12.9. The van der Waals surface area contributed by atoms with Gasteiger partial charge in [0.05, 0.1) is 12.7 Å². The second kappa shape index (κ2) is 6.19. The van der Waals surface area contributed by atoms with Gasteiger partial charge >= 0.3 is 5.97 Å². The number of esters is 1. The lowest BCUT2D eigenvalue weighted by Gasteiger charge is -2.15. The van der Waals surface area contributed by atoms with Gasteiger partial charge in [-0.2, -0.15) is 0 Å². The zero-order chi connectivity index (χ0) is 14.5. The summed E-state index contributed by atoms with van der Waals surface area (Å²) in [4.78, 5) is 11.3. The van der Waals surface area contributed by atoms with Gasteiger partial charge in [0.25, 0.3) is 0 Å². The highest BCUT2D eigenvalue weighted by Crippen LogP contribution is 2.22. The molecule has 0 amide bonds. The number of carbonyl (C=O) groups excluding carboxylic acids is 1. The third kappa shape index (κ3) is 3.35. The summed E-state index contributed by atoms with van der Waals surface area (Å²) in [6.07, 6.45) is -0.247. The first kappa shape index (κ1) is 14.1. The molecule has 0 aliphatic carbocycles. The van der Waals surface area contributed by atoms with E-state index in [9.17, 15) is 9.18 Å². The van der Waals surface area contributed by atoms with Gasteiger partial charge in [0, 0.05) is 6.07 Å². The molecule has 0 aliphatic rings. The molecule has 0 saturated heterocycles. The highest BCUT2D eigenvalue weighted by molar-refractivity contribution is 5.89. The van der Waals surface area contributed by atoms with Crippen molar-refractivity contribution in [2.24, 2.45) is 0 Å². The summed E-state index contributed by atoms with van der Waals surface area (Å²) in [5, 5.41) is 0. The Morgan fingerprint density at radius 2 is 1.85 bits per heavy atom. The Balaban J connectivity index is 2.09.